The summed E-state index contributed by atoms with van der Waals surface area (Å²) in [5.74, 6) is 0.0207. The molecule has 1 aromatic rings. The van der Waals surface area contributed by atoms with Crippen LogP contribution in [0.4, 0.5) is 0 Å². The molecule has 0 spiro atoms. The van der Waals surface area contributed by atoms with E-state index in [1.54, 1.807) is 26.8 Å². The Kier molecular flexibility index (Phi) is 6.40. The number of carbonyl (C=O) groups excluding carboxylic acids is 3. The van der Waals surface area contributed by atoms with Gasteiger partial charge in [0.2, 0.25) is 11.8 Å². The molecule has 24 heavy (non-hydrogen) atoms. The Morgan fingerprint density at radius 3 is 2.38 bits per heavy atom. The zero-order chi connectivity index (χ0) is 17.5. The SMILES string of the molecule is CCCCN(CC(=O)N1CCN(C(=O)c2ccco2)CC1)C(C)=O. The lowest BCUT2D eigenvalue weighted by atomic mass is 10.2. The molecule has 0 saturated carbocycles. The molecule has 2 heterocycles. The van der Waals surface area contributed by atoms with Gasteiger partial charge in [-0.3, -0.25) is 14.4 Å². The van der Waals surface area contributed by atoms with Gasteiger partial charge < -0.3 is 19.1 Å². The van der Waals surface area contributed by atoms with Crippen molar-refractivity contribution in [3.05, 3.63) is 24.2 Å². The fraction of sp³-hybridized carbons (Fsp3) is 0.588. The van der Waals surface area contributed by atoms with Crippen LogP contribution in [0.3, 0.4) is 0 Å². The Bertz CT molecular complexity index is 562. The van der Waals surface area contributed by atoms with Gasteiger partial charge in [0, 0.05) is 39.6 Å². The molecular formula is C17H25N3O4. The molecule has 0 bridgehead atoms. The number of rotatable bonds is 6. The van der Waals surface area contributed by atoms with Crippen molar-refractivity contribution in [3.8, 4) is 0 Å². The fourth-order valence-electron chi connectivity index (χ4n) is 2.68. The summed E-state index contributed by atoms with van der Waals surface area (Å²) < 4.78 is 5.12. The molecule has 1 saturated heterocycles. The lowest BCUT2D eigenvalue weighted by Crippen LogP contribution is -2.53. The van der Waals surface area contributed by atoms with Crippen LogP contribution in [0.2, 0.25) is 0 Å². The number of piperazine rings is 1. The maximum absolute atomic E-state index is 12.4. The van der Waals surface area contributed by atoms with Crippen LogP contribution in [-0.4, -0.2) is 71.7 Å². The molecule has 1 fully saturated rings. The van der Waals surface area contributed by atoms with E-state index in [4.69, 9.17) is 4.42 Å². The van der Waals surface area contributed by atoms with Crippen LogP contribution in [0.1, 0.15) is 37.2 Å². The largest absolute Gasteiger partial charge is 0.459 e. The minimum absolute atomic E-state index is 0.0635. The lowest BCUT2D eigenvalue weighted by molar-refractivity contribution is -0.140. The van der Waals surface area contributed by atoms with Gasteiger partial charge in [-0.2, -0.15) is 0 Å². The molecule has 1 aromatic heterocycles. The van der Waals surface area contributed by atoms with Crippen molar-refractivity contribution in [2.45, 2.75) is 26.7 Å². The number of hydrogen-bond donors (Lipinski definition) is 0. The van der Waals surface area contributed by atoms with Gasteiger partial charge in [-0.1, -0.05) is 13.3 Å². The van der Waals surface area contributed by atoms with E-state index in [0.29, 0.717) is 38.5 Å². The molecule has 0 radical (unpaired) electrons. The maximum Gasteiger partial charge on any atom is 0.289 e. The quantitative estimate of drug-likeness (QED) is 0.783. The van der Waals surface area contributed by atoms with Gasteiger partial charge >= 0.3 is 0 Å². The van der Waals surface area contributed by atoms with Crippen molar-refractivity contribution in [3.63, 3.8) is 0 Å². The summed E-state index contributed by atoms with van der Waals surface area (Å²) in [6.07, 6.45) is 3.34. The number of nitrogens with zero attached hydrogens (tertiary/aromatic N) is 3. The zero-order valence-corrected chi connectivity index (χ0v) is 14.4. The predicted molar refractivity (Wildman–Crippen MR) is 88.4 cm³/mol. The van der Waals surface area contributed by atoms with E-state index in [9.17, 15) is 14.4 Å². The highest BCUT2D eigenvalue weighted by Gasteiger charge is 2.27. The molecule has 0 unspecified atom stereocenters. The van der Waals surface area contributed by atoms with Crippen LogP contribution in [0.25, 0.3) is 0 Å². The van der Waals surface area contributed by atoms with Crippen LogP contribution in [-0.2, 0) is 9.59 Å². The Morgan fingerprint density at radius 2 is 1.83 bits per heavy atom. The smallest absolute Gasteiger partial charge is 0.289 e. The Labute approximate surface area is 142 Å². The number of furan rings is 1. The Hall–Kier alpha value is -2.31. The van der Waals surface area contributed by atoms with Crippen LogP contribution < -0.4 is 0 Å². The standard InChI is InChI=1S/C17H25N3O4/c1-3-4-7-20(14(2)21)13-16(22)18-8-10-19(11-9-18)17(23)15-6-5-12-24-15/h5-6,12H,3-4,7-11,13H2,1-2H3. The second-order valence-corrected chi connectivity index (χ2v) is 5.94. The van der Waals surface area contributed by atoms with Gasteiger partial charge in [-0.05, 0) is 18.6 Å². The molecule has 0 atom stereocenters. The topological polar surface area (TPSA) is 74.1 Å². The van der Waals surface area contributed by atoms with E-state index in [1.807, 2.05) is 0 Å². The van der Waals surface area contributed by atoms with Crippen molar-refractivity contribution < 1.29 is 18.8 Å². The molecule has 1 aliphatic rings. The number of unbranched alkanes of at least 4 members (excludes halogenated alkanes) is 1. The van der Waals surface area contributed by atoms with E-state index in [0.717, 1.165) is 12.8 Å². The highest BCUT2D eigenvalue weighted by atomic mass is 16.3. The van der Waals surface area contributed by atoms with Gasteiger partial charge in [0.05, 0.1) is 12.8 Å². The first-order chi connectivity index (χ1) is 11.5. The van der Waals surface area contributed by atoms with Gasteiger partial charge in [0.1, 0.15) is 0 Å². The number of amides is 3. The Morgan fingerprint density at radius 1 is 1.17 bits per heavy atom. The number of carbonyl (C=O) groups is 3. The van der Waals surface area contributed by atoms with E-state index >= 15 is 0 Å². The molecular weight excluding hydrogens is 310 g/mol. The van der Waals surface area contributed by atoms with Crippen molar-refractivity contribution in [1.82, 2.24) is 14.7 Å². The third-order valence-electron chi connectivity index (χ3n) is 4.20. The van der Waals surface area contributed by atoms with E-state index in [1.165, 1.54) is 13.2 Å². The monoisotopic (exact) mass is 335 g/mol. The highest BCUT2D eigenvalue weighted by molar-refractivity contribution is 5.91. The van der Waals surface area contributed by atoms with Crippen LogP contribution in [0.5, 0.6) is 0 Å². The summed E-state index contributed by atoms with van der Waals surface area (Å²) in [4.78, 5) is 41.2. The van der Waals surface area contributed by atoms with Crippen molar-refractivity contribution in [2.75, 3.05) is 39.3 Å². The van der Waals surface area contributed by atoms with Crippen molar-refractivity contribution >= 4 is 17.7 Å². The molecule has 0 aromatic carbocycles. The molecule has 3 amide bonds. The van der Waals surface area contributed by atoms with Crippen molar-refractivity contribution in [2.24, 2.45) is 0 Å². The second kappa shape index (κ2) is 8.52. The second-order valence-electron chi connectivity index (χ2n) is 5.94. The highest BCUT2D eigenvalue weighted by Crippen LogP contribution is 2.10. The average Bonchev–Trinajstić information content (AvgIpc) is 3.12. The van der Waals surface area contributed by atoms with E-state index < -0.39 is 0 Å². The van der Waals surface area contributed by atoms with Crippen LogP contribution in [0, 0.1) is 0 Å². The maximum atomic E-state index is 12.4. The lowest BCUT2D eigenvalue weighted by Gasteiger charge is -2.35. The molecule has 7 nitrogen and oxygen atoms in total. The molecule has 7 heteroatoms. The minimum Gasteiger partial charge on any atom is -0.459 e. The van der Waals surface area contributed by atoms with Gasteiger partial charge in [-0.15, -0.1) is 0 Å². The van der Waals surface area contributed by atoms with Gasteiger partial charge in [-0.25, -0.2) is 0 Å². The van der Waals surface area contributed by atoms with Crippen LogP contribution >= 0.6 is 0 Å². The average molecular weight is 335 g/mol. The fourth-order valence-corrected chi connectivity index (χ4v) is 2.68. The van der Waals surface area contributed by atoms with Gasteiger partial charge in [0.25, 0.3) is 5.91 Å². The van der Waals surface area contributed by atoms with E-state index in [-0.39, 0.29) is 24.3 Å². The van der Waals surface area contributed by atoms with Gasteiger partial charge in [0.15, 0.2) is 5.76 Å². The zero-order valence-electron chi connectivity index (χ0n) is 14.4. The first-order valence-electron chi connectivity index (χ1n) is 8.39. The summed E-state index contributed by atoms with van der Waals surface area (Å²) in [5, 5.41) is 0. The summed E-state index contributed by atoms with van der Waals surface area (Å²) >= 11 is 0. The predicted octanol–water partition coefficient (Wildman–Crippen LogP) is 1.21. The molecule has 132 valence electrons. The number of hydrogen-bond acceptors (Lipinski definition) is 4. The first kappa shape index (κ1) is 18.0. The molecule has 0 aliphatic carbocycles. The third-order valence-corrected chi connectivity index (χ3v) is 4.20. The normalized spacial score (nSPS) is 14.6. The summed E-state index contributed by atoms with van der Waals surface area (Å²) in [5.41, 5.74) is 0. The molecule has 2 rings (SSSR count). The summed E-state index contributed by atoms with van der Waals surface area (Å²) in [6, 6.07) is 3.32. The van der Waals surface area contributed by atoms with E-state index in [2.05, 4.69) is 6.92 Å². The first-order valence-corrected chi connectivity index (χ1v) is 8.39. The minimum atomic E-state index is -0.152. The molecule has 1 aliphatic heterocycles. The Balaban J connectivity index is 1.83. The summed E-state index contributed by atoms with van der Waals surface area (Å²) in [6.45, 7) is 6.16. The summed E-state index contributed by atoms with van der Waals surface area (Å²) in [7, 11) is 0. The van der Waals surface area contributed by atoms with Crippen LogP contribution in [0.15, 0.2) is 22.8 Å². The van der Waals surface area contributed by atoms with Crippen molar-refractivity contribution in [1.29, 1.82) is 0 Å². The third kappa shape index (κ3) is 4.59. The molecule has 0 N–H and O–H groups in total.